The lowest BCUT2D eigenvalue weighted by Crippen LogP contribution is -2.22. The molecule has 0 fully saturated rings. The Kier molecular flexibility index (Phi) is 3.26. The topological polar surface area (TPSA) is 65.3 Å². The molecule has 0 amide bonds. The van der Waals surface area contributed by atoms with Crippen molar-refractivity contribution in [3.63, 3.8) is 0 Å². The van der Waals surface area contributed by atoms with Crippen LogP contribution in [0.25, 0.3) is 5.65 Å². The second-order valence-electron chi connectivity index (χ2n) is 4.51. The fourth-order valence-corrected chi connectivity index (χ4v) is 2.28. The Morgan fingerprint density at radius 3 is 2.81 bits per heavy atom. The number of hydrogen-bond donors (Lipinski definition) is 1. The number of rotatable bonds is 3. The van der Waals surface area contributed by atoms with E-state index in [1.54, 1.807) is 36.5 Å². The largest absolute Gasteiger partial charge is 0.389 e. The molecule has 0 radical (unpaired) electrons. The molecular formula is C14H11FN4OS. The van der Waals surface area contributed by atoms with Crippen molar-refractivity contribution in [3.05, 3.63) is 70.0 Å². The maximum absolute atomic E-state index is 14.3. The molecule has 0 bridgehead atoms. The molecular weight excluding hydrogens is 291 g/mol. The third-order valence-electron chi connectivity index (χ3n) is 3.15. The van der Waals surface area contributed by atoms with Gasteiger partial charge in [-0.05, 0) is 18.2 Å². The number of nitrogens with zero attached hydrogens (tertiary/aromatic N) is 3. The second-order valence-corrected chi connectivity index (χ2v) is 4.95. The minimum Gasteiger partial charge on any atom is -0.389 e. The van der Waals surface area contributed by atoms with Crippen LogP contribution in [-0.4, -0.2) is 19.2 Å². The summed E-state index contributed by atoms with van der Waals surface area (Å²) in [7, 11) is 0. The Balaban J connectivity index is 2.07. The van der Waals surface area contributed by atoms with Crippen LogP contribution in [0.1, 0.15) is 11.1 Å². The first kappa shape index (κ1) is 13.4. The molecule has 3 rings (SSSR count). The molecule has 0 saturated heterocycles. The van der Waals surface area contributed by atoms with Gasteiger partial charge in [0, 0.05) is 17.3 Å². The van der Waals surface area contributed by atoms with Gasteiger partial charge < -0.3 is 5.73 Å². The number of hydrogen-bond acceptors (Lipinski definition) is 3. The van der Waals surface area contributed by atoms with Crippen LogP contribution < -0.4 is 11.4 Å². The Morgan fingerprint density at radius 2 is 2.10 bits per heavy atom. The lowest BCUT2D eigenvalue weighted by atomic mass is 10.1. The number of halogens is 1. The predicted octanol–water partition coefficient (Wildman–Crippen LogP) is 1.32. The molecule has 5 nitrogen and oxygen atoms in total. The lowest BCUT2D eigenvalue weighted by Gasteiger charge is -2.06. The zero-order valence-corrected chi connectivity index (χ0v) is 11.7. The van der Waals surface area contributed by atoms with Crippen LogP contribution in [0.3, 0.4) is 0 Å². The van der Waals surface area contributed by atoms with Crippen molar-refractivity contribution in [2.24, 2.45) is 5.73 Å². The minimum absolute atomic E-state index is 0.0167. The summed E-state index contributed by atoms with van der Waals surface area (Å²) in [5, 5.41) is 4.16. The van der Waals surface area contributed by atoms with Crippen molar-refractivity contribution >= 4 is 22.9 Å². The molecule has 21 heavy (non-hydrogen) atoms. The molecule has 0 spiro atoms. The van der Waals surface area contributed by atoms with Crippen LogP contribution in [0.15, 0.2) is 47.4 Å². The molecule has 106 valence electrons. The van der Waals surface area contributed by atoms with E-state index >= 15 is 0 Å². The first-order valence-electron chi connectivity index (χ1n) is 6.19. The van der Waals surface area contributed by atoms with Gasteiger partial charge >= 0.3 is 5.69 Å². The van der Waals surface area contributed by atoms with Gasteiger partial charge in [-0.1, -0.05) is 30.4 Å². The van der Waals surface area contributed by atoms with E-state index < -0.39 is 5.82 Å². The number of fused-ring (bicyclic) bond motifs is 1. The summed E-state index contributed by atoms with van der Waals surface area (Å²) < 4.78 is 16.9. The van der Waals surface area contributed by atoms with Crippen LogP contribution in [0, 0.1) is 5.82 Å². The molecule has 0 aliphatic rings. The average molecular weight is 302 g/mol. The lowest BCUT2D eigenvalue weighted by molar-refractivity contribution is 0.576. The zero-order chi connectivity index (χ0) is 15.0. The van der Waals surface area contributed by atoms with Gasteiger partial charge in [0.15, 0.2) is 5.65 Å². The molecule has 1 aromatic carbocycles. The summed E-state index contributed by atoms with van der Waals surface area (Å²) >= 11 is 4.80. The summed E-state index contributed by atoms with van der Waals surface area (Å²) in [5.41, 5.74) is 6.13. The number of benzene rings is 1. The molecule has 2 aromatic heterocycles. The molecule has 0 saturated carbocycles. The van der Waals surface area contributed by atoms with Crippen molar-refractivity contribution in [1.29, 1.82) is 0 Å². The average Bonchev–Trinajstić information content (AvgIpc) is 2.78. The number of pyridine rings is 1. The summed E-state index contributed by atoms with van der Waals surface area (Å²) in [6.45, 7) is 0.0167. The Labute approximate surface area is 124 Å². The summed E-state index contributed by atoms with van der Waals surface area (Å²) in [4.78, 5) is 12.1. The van der Waals surface area contributed by atoms with E-state index in [1.165, 1.54) is 15.1 Å². The number of aromatic nitrogens is 3. The molecule has 0 aliphatic heterocycles. The normalized spacial score (nSPS) is 10.9. The van der Waals surface area contributed by atoms with E-state index in [4.69, 9.17) is 18.0 Å². The van der Waals surface area contributed by atoms with Crippen LogP contribution in [-0.2, 0) is 6.54 Å². The number of nitrogens with two attached hydrogens (primary N) is 1. The highest BCUT2D eigenvalue weighted by molar-refractivity contribution is 7.80. The smallest absolute Gasteiger partial charge is 0.350 e. The summed E-state index contributed by atoms with van der Waals surface area (Å²) in [5.74, 6) is -0.519. The third-order valence-corrected chi connectivity index (χ3v) is 3.37. The highest BCUT2D eigenvalue weighted by atomic mass is 32.1. The van der Waals surface area contributed by atoms with Crippen molar-refractivity contribution < 1.29 is 4.39 Å². The molecule has 3 aromatic rings. The Bertz CT molecular complexity index is 899. The zero-order valence-electron chi connectivity index (χ0n) is 10.9. The van der Waals surface area contributed by atoms with Gasteiger partial charge in [0.05, 0.1) is 6.54 Å². The van der Waals surface area contributed by atoms with Crippen LogP contribution in [0.4, 0.5) is 4.39 Å². The quantitative estimate of drug-likeness (QED) is 0.741. The highest BCUT2D eigenvalue weighted by Gasteiger charge is 2.13. The number of thiocarbonyl (C=S) groups is 1. The first-order valence-corrected chi connectivity index (χ1v) is 6.60. The van der Waals surface area contributed by atoms with E-state index in [9.17, 15) is 9.18 Å². The Morgan fingerprint density at radius 1 is 1.29 bits per heavy atom. The van der Waals surface area contributed by atoms with Gasteiger partial charge in [-0.25, -0.2) is 13.9 Å². The standard InChI is InChI=1S/C14H11FN4OS/c15-12-9(4-3-5-10(12)13(16)21)8-19-14(20)18-7-2-1-6-11(18)17-19/h1-7H,8H2,(H2,16,21). The predicted molar refractivity (Wildman–Crippen MR) is 80.8 cm³/mol. The fraction of sp³-hybridized carbons (Fsp3) is 0.0714. The SMILES string of the molecule is NC(=S)c1cccc(Cn2nc3ccccn3c2=O)c1F. The fourth-order valence-electron chi connectivity index (χ4n) is 2.12. The van der Waals surface area contributed by atoms with Gasteiger partial charge in [0.25, 0.3) is 0 Å². The van der Waals surface area contributed by atoms with E-state index in [1.807, 2.05) is 0 Å². The van der Waals surface area contributed by atoms with Gasteiger partial charge in [-0.3, -0.25) is 4.40 Å². The summed E-state index contributed by atoms with van der Waals surface area (Å²) in [6.07, 6.45) is 1.61. The van der Waals surface area contributed by atoms with Crippen LogP contribution in [0.2, 0.25) is 0 Å². The maximum atomic E-state index is 14.3. The van der Waals surface area contributed by atoms with Crippen molar-refractivity contribution in [2.75, 3.05) is 0 Å². The second kappa shape index (κ2) is 5.10. The minimum atomic E-state index is -0.519. The van der Waals surface area contributed by atoms with E-state index in [0.717, 1.165) is 0 Å². The van der Waals surface area contributed by atoms with Gasteiger partial charge in [0.2, 0.25) is 0 Å². The Hall–Kier alpha value is -2.54. The van der Waals surface area contributed by atoms with E-state index in [2.05, 4.69) is 5.10 Å². The van der Waals surface area contributed by atoms with Gasteiger partial charge in [-0.2, -0.15) is 0 Å². The third kappa shape index (κ3) is 2.31. The summed E-state index contributed by atoms with van der Waals surface area (Å²) in [6, 6.07) is 9.95. The molecule has 0 aliphatic carbocycles. The van der Waals surface area contributed by atoms with Gasteiger partial charge in [-0.15, -0.1) is 5.10 Å². The van der Waals surface area contributed by atoms with Crippen molar-refractivity contribution in [1.82, 2.24) is 14.2 Å². The van der Waals surface area contributed by atoms with Crippen LogP contribution >= 0.6 is 12.2 Å². The molecule has 2 heterocycles. The molecule has 0 atom stereocenters. The monoisotopic (exact) mass is 302 g/mol. The van der Waals surface area contributed by atoms with E-state index in [-0.39, 0.29) is 22.8 Å². The van der Waals surface area contributed by atoms with Gasteiger partial charge in [0.1, 0.15) is 10.8 Å². The molecule has 0 unspecified atom stereocenters. The van der Waals surface area contributed by atoms with Crippen LogP contribution in [0.5, 0.6) is 0 Å². The highest BCUT2D eigenvalue weighted by Crippen LogP contribution is 2.13. The molecule has 7 heteroatoms. The maximum Gasteiger partial charge on any atom is 0.350 e. The van der Waals surface area contributed by atoms with E-state index in [0.29, 0.717) is 11.2 Å². The van der Waals surface area contributed by atoms with Crippen molar-refractivity contribution in [2.45, 2.75) is 6.54 Å². The first-order chi connectivity index (χ1) is 10.1. The van der Waals surface area contributed by atoms with Crippen molar-refractivity contribution in [3.8, 4) is 0 Å². The molecule has 2 N–H and O–H groups in total.